The van der Waals surface area contributed by atoms with E-state index in [1.807, 2.05) is 0 Å². The Morgan fingerprint density at radius 2 is 2.25 bits per heavy atom. The lowest BCUT2D eigenvalue weighted by Crippen LogP contribution is -2.25. The predicted molar refractivity (Wildman–Crippen MR) is 42.6 cm³/mol. The summed E-state index contributed by atoms with van der Waals surface area (Å²) in [5, 5.41) is 0. The van der Waals surface area contributed by atoms with Gasteiger partial charge in [-0.05, 0) is 6.92 Å². The number of hydrogen-bond donors (Lipinski definition) is 0. The molecule has 0 aliphatic carbocycles. The molecule has 0 bridgehead atoms. The van der Waals surface area contributed by atoms with Crippen LogP contribution in [-0.2, 0) is 19.1 Å². The van der Waals surface area contributed by atoms with Crippen LogP contribution in [0.25, 0.3) is 0 Å². The van der Waals surface area contributed by atoms with Gasteiger partial charge < -0.3 is 9.47 Å². The van der Waals surface area contributed by atoms with Crippen molar-refractivity contribution >= 4 is 12.1 Å². The minimum absolute atomic E-state index is 0.0419. The Balaban J connectivity index is 3.77. The summed E-state index contributed by atoms with van der Waals surface area (Å²) in [7, 11) is 1.43. The van der Waals surface area contributed by atoms with Crippen molar-refractivity contribution in [2.75, 3.05) is 26.9 Å². The predicted octanol–water partition coefficient (Wildman–Crippen LogP) is -0.0357. The van der Waals surface area contributed by atoms with Gasteiger partial charge in [-0.15, -0.1) is 0 Å². The molecular weight excluding hydrogens is 160 g/mol. The number of carbonyl (C=O) groups excluding carboxylic acids is 2. The van der Waals surface area contributed by atoms with Crippen LogP contribution in [0, 0.1) is 5.92 Å². The largest absolute Gasteiger partial charge is 0.383 e. The highest BCUT2D eigenvalue weighted by molar-refractivity contribution is 5.94. The van der Waals surface area contributed by atoms with Crippen LogP contribution in [0.4, 0.5) is 0 Å². The lowest BCUT2D eigenvalue weighted by atomic mass is 10.1. The molecule has 4 heteroatoms. The molecule has 0 aliphatic heterocycles. The fourth-order valence-corrected chi connectivity index (χ4v) is 0.663. The molecule has 1 unspecified atom stereocenters. The van der Waals surface area contributed by atoms with Crippen molar-refractivity contribution in [3.63, 3.8) is 0 Å². The Bertz CT molecular complexity index is 144. The molecule has 4 nitrogen and oxygen atoms in total. The molecule has 0 N–H and O–H groups in total. The normalized spacial score (nSPS) is 12.5. The molecule has 0 aromatic rings. The third kappa shape index (κ3) is 4.20. The molecule has 0 saturated heterocycles. The lowest BCUT2D eigenvalue weighted by molar-refractivity contribution is -0.126. The van der Waals surface area contributed by atoms with Gasteiger partial charge in [0.2, 0.25) is 6.29 Å². The van der Waals surface area contributed by atoms with E-state index in [9.17, 15) is 9.59 Å². The highest BCUT2D eigenvalue weighted by Crippen LogP contribution is 1.95. The van der Waals surface area contributed by atoms with Gasteiger partial charge in [0.15, 0.2) is 5.78 Å². The zero-order chi connectivity index (χ0) is 9.40. The van der Waals surface area contributed by atoms with E-state index < -0.39 is 5.92 Å². The summed E-state index contributed by atoms with van der Waals surface area (Å²) in [5.41, 5.74) is 0. The first kappa shape index (κ1) is 11.3. The first-order valence-electron chi connectivity index (χ1n) is 3.73. The first-order valence-corrected chi connectivity index (χ1v) is 3.73. The SMILES string of the molecule is CCOCC(=O)C([C]=O)COC. The molecule has 0 heterocycles. The number of carbonyl (C=O) groups is 1. The van der Waals surface area contributed by atoms with E-state index in [2.05, 4.69) is 4.74 Å². The molecule has 0 fully saturated rings. The topological polar surface area (TPSA) is 52.6 Å². The second kappa shape index (κ2) is 6.94. The third-order valence-corrected chi connectivity index (χ3v) is 1.31. The summed E-state index contributed by atoms with van der Waals surface area (Å²) in [6.07, 6.45) is 1.61. The van der Waals surface area contributed by atoms with Gasteiger partial charge in [0.1, 0.15) is 12.5 Å². The average molecular weight is 173 g/mol. The minimum atomic E-state index is -0.804. The van der Waals surface area contributed by atoms with Crippen molar-refractivity contribution < 1.29 is 19.1 Å². The van der Waals surface area contributed by atoms with E-state index in [0.717, 1.165) is 0 Å². The molecule has 1 radical (unpaired) electrons. The van der Waals surface area contributed by atoms with Crippen molar-refractivity contribution in [2.45, 2.75) is 6.92 Å². The van der Waals surface area contributed by atoms with Crippen LogP contribution in [-0.4, -0.2) is 39.0 Å². The third-order valence-electron chi connectivity index (χ3n) is 1.31. The Hall–Kier alpha value is -0.740. The fraction of sp³-hybridized carbons (Fsp3) is 0.750. The first-order chi connectivity index (χ1) is 5.76. The number of hydrogen-bond acceptors (Lipinski definition) is 4. The van der Waals surface area contributed by atoms with Crippen LogP contribution in [0.5, 0.6) is 0 Å². The Labute approximate surface area is 71.8 Å². The van der Waals surface area contributed by atoms with Crippen molar-refractivity contribution in [1.29, 1.82) is 0 Å². The Morgan fingerprint density at radius 1 is 1.58 bits per heavy atom. The van der Waals surface area contributed by atoms with Crippen LogP contribution in [0.3, 0.4) is 0 Å². The van der Waals surface area contributed by atoms with Crippen molar-refractivity contribution in [2.24, 2.45) is 5.92 Å². The molecule has 1 atom stereocenters. The maximum absolute atomic E-state index is 11.1. The molecule has 69 valence electrons. The summed E-state index contributed by atoms with van der Waals surface area (Å²) in [5.74, 6) is -1.09. The van der Waals surface area contributed by atoms with E-state index in [1.54, 1.807) is 13.2 Å². The van der Waals surface area contributed by atoms with Crippen LogP contribution < -0.4 is 0 Å². The summed E-state index contributed by atoms with van der Waals surface area (Å²) in [6.45, 7) is 2.28. The van der Waals surface area contributed by atoms with Gasteiger partial charge in [0.05, 0.1) is 6.61 Å². The Morgan fingerprint density at radius 3 is 2.67 bits per heavy atom. The smallest absolute Gasteiger partial charge is 0.212 e. The van der Waals surface area contributed by atoms with Crippen LogP contribution in [0.15, 0.2) is 0 Å². The zero-order valence-corrected chi connectivity index (χ0v) is 7.33. The maximum atomic E-state index is 11.1. The standard InChI is InChI=1S/C8H13O4/c1-3-12-6-8(10)7(4-9)5-11-2/h7H,3,5-6H2,1-2H3. The van der Waals surface area contributed by atoms with E-state index in [4.69, 9.17) is 4.74 Å². The van der Waals surface area contributed by atoms with Crippen LogP contribution >= 0.6 is 0 Å². The highest BCUT2D eigenvalue weighted by atomic mass is 16.5. The number of ketones is 1. The van der Waals surface area contributed by atoms with Crippen LogP contribution in [0.1, 0.15) is 6.92 Å². The quantitative estimate of drug-likeness (QED) is 0.507. The van der Waals surface area contributed by atoms with Gasteiger partial charge >= 0.3 is 0 Å². The van der Waals surface area contributed by atoms with Gasteiger partial charge in [0.25, 0.3) is 0 Å². The van der Waals surface area contributed by atoms with Gasteiger partial charge in [-0.25, -0.2) is 0 Å². The molecule has 0 spiro atoms. The van der Waals surface area contributed by atoms with Crippen molar-refractivity contribution in [3.8, 4) is 0 Å². The van der Waals surface area contributed by atoms with Gasteiger partial charge in [0, 0.05) is 13.7 Å². The highest BCUT2D eigenvalue weighted by Gasteiger charge is 2.17. The van der Waals surface area contributed by atoms with Crippen molar-refractivity contribution in [1.82, 2.24) is 0 Å². The lowest BCUT2D eigenvalue weighted by Gasteiger charge is -2.06. The number of methoxy groups -OCH3 is 1. The fourth-order valence-electron chi connectivity index (χ4n) is 0.663. The van der Waals surface area contributed by atoms with E-state index in [1.165, 1.54) is 7.11 Å². The van der Waals surface area contributed by atoms with Crippen molar-refractivity contribution in [3.05, 3.63) is 0 Å². The molecule has 0 saturated carbocycles. The summed E-state index contributed by atoms with van der Waals surface area (Å²) in [4.78, 5) is 21.3. The molecule has 0 rings (SSSR count). The van der Waals surface area contributed by atoms with Gasteiger partial charge in [-0.1, -0.05) is 0 Å². The zero-order valence-electron chi connectivity index (χ0n) is 7.33. The van der Waals surface area contributed by atoms with E-state index >= 15 is 0 Å². The number of rotatable bonds is 7. The summed E-state index contributed by atoms with van der Waals surface area (Å²) >= 11 is 0. The Kier molecular flexibility index (Phi) is 6.51. The van der Waals surface area contributed by atoms with Gasteiger partial charge in [-0.2, -0.15) is 0 Å². The monoisotopic (exact) mass is 173 g/mol. The molecule has 0 amide bonds. The second-order valence-corrected chi connectivity index (χ2v) is 2.23. The number of ether oxygens (including phenoxy) is 2. The number of Topliss-reactive ketones (excluding diaryl/α,β-unsaturated/α-hetero) is 1. The average Bonchev–Trinajstić information content (AvgIpc) is 2.10. The summed E-state index contributed by atoms with van der Waals surface area (Å²) < 4.78 is 9.50. The molecule has 12 heavy (non-hydrogen) atoms. The second-order valence-electron chi connectivity index (χ2n) is 2.23. The molecule has 0 aromatic carbocycles. The van der Waals surface area contributed by atoms with Crippen LogP contribution in [0.2, 0.25) is 0 Å². The molecular formula is C8H13O4. The van der Waals surface area contributed by atoms with E-state index in [0.29, 0.717) is 6.61 Å². The minimum Gasteiger partial charge on any atom is -0.383 e. The maximum Gasteiger partial charge on any atom is 0.212 e. The summed E-state index contributed by atoms with van der Waals surface area (Å²) in [6, 6.07) is 0. The molecule has 0 aliphatic rings. The van der Waals surface area contributed by atoms with E-state index in [-0.39, 0.29) is 19.0 Å². The van der Waals surface area contributed by atoms with Gasteiger partial charge in [-0.3, -0.25) is 9.59 Å². The molecule has 0 aromatic heterocycles.